The number of benzene rings is 1. The van der Waals surface area contributed by atoms with Crippen LogP contribution in [0, 0.1) is 5.92 Å². The maximum absolute atomic E-state index is 13.1. The zero-order valence-corrected chi connectivity index (χ0v) is 21.5. The van der Waals surface area contributed by atoms with Crippen molar-refractivity contribution in [3.63, 3.8) is 0 Å². The number of rotatable bonds is 15. The second-order valence-electron chi connectivity index (χ2n) is 8.58. The monoisotopic (exact) mass is 510 g/mol. The second-order valence-corrected chi connectivity index (χ2v) is 9.56. The SMILES string of the molecule is CCC(C)C(NC(=O)C(N)CCSC)C(=O)NC(C(=O)NC(Cc1ccccc1)C(=O)O)C(C)O. The Hall–Kier alpha value is -2.63. The van der Waals surface area contributed by atoms with Crippen molar-refractivity contribution < 1.29 is 29.4 Å². The van der Waals surface area contributed by atoms with Gasteiger partial charge in [0.15, 0.2) is 0 Å². The van der Waals surface area contributed by atoms with Crippen molar-refractivity contribution in [1.82, 2.24) is 16.0 Å². The molecule has 1 aromatic carbocycles. The van der Waals surface area contributed by atoms with Crippen LogP contribution in [0.4, 0.5) is 0 Å². The van der Waals surface area contributed by atoms with Crippen LogP contribution in [0.3, 0.4) is 0 Å². The van der Waals surface area contributed by atoms with Crippen molar-refractivity contribution in [2.45, 2.75) is 70.3 Å². The lowest BCUT2D eigenvalue weighted by Crippen LogP contribution is -2.61. The summed E-state index contributed by atoms with van der Waals surface area (Å²) in [6.07, 6.45) is 1.61. The Morgan fingerprint density at radius 2 is 1.54 bits per heavy atom. The summed E-state index contributed by atoms with van der Waals surface area (Å²) >= 11 is 1.55. The van der Waals surface area contributed by atoms with Crippen LogP contribution in [-0.2, 0) is 25.6 Å². The summed E-state index contributed by atoms with van der Waals surface area (Å²) in [6, 6.07) is 4.32. The van der Waals surface area contributed by atoms with E-state index in [1.54, 1.807) is 49.0 Å². The molecular formula is C24H38N4O6S. The van der Waals surface area contributed by atoms with E-state index in [1.165, 1.54) is 6.92 Å². The smallest absolute Gasteiger partial charge is 0.326 e. The number of amides is 3. The van der Waals surface area contributed by atoms with Gasteiger partial charge in [0, 0.05) is 6.42 Å². The highest BCUT2D eigenvalue weighted by Crippen LogP contribution is 2.11. The third-order valence-electron chi connectivity index (χ3n) is 5.72. The highest BCUT2D eigenvalue weighted by atomic mass is 32.2. The van der Waals surface area contributed by atoms with E-state index < -0.39 is 54.0 Å². The van der Waals surface area contributed by atoms with E-state index in [4.69, 9.17) is 5.73 Å². The molecule has 1 aromatic rings. The number of hydrogen-bond acceptors (Lipinski definition) is 7. The summed E-state index contributed by atoms with van der Waals surface area (Å²) in [5.74, 6) is -2.84. The van der Waals surface area contributed by atoms with Gasteiger partial charge in [-0.05, 0) is 36.8 Å². The molecule has 0 radical (unpaired) electrons. The number of nitrogens with one attached hydrogen (secondary N) is 3. The molecule has 0 aliphatic heterocycles. The molecule has 0 spiro atoms. The Morgan fingerprint density at radius 1 is 0.971 bits per heavy atom. The molecule has 0 aromatic heterocycles. The fraction of sp³-hybridized carbons (Fsp3) is 0.583. The van der Waals surface area contributed by atoms with Crippen molar-refractivity contribution in [3.05, 3.63) is 35.9 Å². The fourth-order valence-electron chi connectivity index (χ4n) is 3.30. The van der Waals surface area contributed by atoms with Gasteiger partial charge in [-0.25, -0.2) is 4.79 Å². The first-order valence-corrected chi connectivity index (χ1v) is 13.0. The van der Waals surface area contributed by atoms with Gasteiger partial charge in [-0.1, -0.05) is 50.6 Å². The minimum Gasteiger partial charge on any atom is -0.480 e. The number of thioether (sulfide) groups is 1. The summed E-state index contributed by atoms with van der Waals surface area (Å²) in [7, 11) is 0. The molecule has 0 aliphatic rings. The van der Waals surface area contributed by atoms with Crippen LogP contribution in [-0.4, -0.2) is 76.2 Å². The van der Waals surface area contributed by atoms with Gasteiger partial charge in [-0.3, -0.25) is 14.4 Å². The molecule has 7 N–H and O–H groups in total. The fourth-order valence-corrected chi connectivity index (χ4v) is 3.79. The number of aliphatic carboxylic acids is 1. The number of carboxylic acids is 1. The summed E-state index contributed by atoms with van der Waals surface area (Å²) in [5, 5.41) is 27.3. The molecule has 6 atom stereocenters. The highest BCUT2D eigenvalue weighted by Gasteiger charge is 2.34. The van der Waals surface area contributed by atoms with Crippen molar-refractivity contribution in [1.29, 1.82) is 0 Å². The first-order valence-electron chi connectivity index (χ1n) is 11.6. The molecule has 0 saturated carbocycles. The van der Waals surface area contributed by atoms with Gasteiger partial charge < -0.3 is 31.9 Å². The normalized spacial score (nSPS) is 16.2. The molecular weight excluding hydrogens is 472 g/mol. The maximum atomic E-state index is 13.1. The Balaban J connectivity index is 2.95. The first kappa shape index (κ1) is 30.4. The molecule has 11 heteroatoms. The average molecular weight is 511 g/mol. The minimum absolute atomic E-state index is 0.0296. The standard InChI is InChI=1S/C24H38N4O6S/c1-5-14(2)19(27-21(30)17(25)11-12-35-4)22(31)28-20(15(3)29)23(32)26-18(24(33)34)13-16-9-7-6-8-10-16/h6-10,14-15,17-20,29H,5,11-13,25H2,1-4H3,(H,26,32)(H,27,30)(H,28,31)(H,33,34). The predicted octanol–water partition coefficient (Wildman–Crippen LogP) is 0.275. The lowest BCUT2D eigenvalue weighted by atomic mass is 9.97. The maximum Gasteiger partial charge on any atom is 0.326 e. The number of carboxylic acid groups (broad SMARTS) is 1. The van der Waals surface area contributed by atoms with E-state index in [9.17, 15) is 29.4 Å². The van der Waals surface area contributed by atoms with Crippen LogP contribution in [0.15, 0.2) is 30.3 Å². The highest BCUT2D eigenvalue weighted by molar-refractivity contribution is 7.98. The van der Waals surface area contributed by atoms with E-state index >= 15 is 0 Å². The van der Waals surface area contributed by atoms with Crippen LogP contribution in [0.1, 0.15) is 39.2 Å². The first-order chi connectivity index (χ1) is 16.5. The van der Waals surface area contributed by atoms with Gasteiger partial charge in [-0.2, -0.15) is 11.8 Å². The molecule has 6 unspecified atom stereocenters. The molecule has 0 bridgehead atoms. The summed E-state index contributed by atoms with van der Waals surface area (Å²) < 4.78 is 0. The molecule has 0 heterocycles. The lowest BCUT2D eigenvalue weighted by molar-refractivity contribution is -0.143. The molecule has 0 fully saturated rings. The Bertz CT molecular complexity index is 839. The molecule has 3 amide bonds. The Morgan fingerprint density at radius 3 is 2.06 bits per heavy atom. The van der Waals surface area contributed by atoms with Crippen LogP contribution in [0.2, 0.25) is 0 Å². The Kier molecular flexibility index (Phi) is 13.4. The largest absolute Gasteiger partial charge is 0.480 e. The van der Waals surface area contributed by atoms with Crippen LogP contribution < -0.4 is 21.7 Å². The Labute approximate surface area is 210 Å². The topological polar surface area (TPSA) is 171 Å². The van der Waals surface area contributed by atoms with Crippen molar-refractivity contribution >= 4 is 35.5 Å². The lowest BCUT2D eigenvalue weighted by Gasteiger charge is -2.29. The van der Waals surface area contributed by atoms with E-state index in [-0.39, 0.29) is 12.3 Å². The van der Waals surface area contributed by atoms with Crippen LogP contribution >= 0.6 is 11.8 Å². The van der Waals surface area contributed by atoms with E-state index in [0.29, 0.717) is 24.2 Å². The summed E-state index contributed by atoms with van der Waals surface area (Å²) in [6.45, 7) is 4.94. The molecule has 0 saturated heterocycles. The third kappa shape index (κ3) is 10.3. The van der Waals surface area contributed by atoms with Crippen LogP contribution in [0.25, 0.3) is 0 Å². The van der Waals surface area contributed by atoms with Gasteiger partial charge in [0.25, 0.3) is 0 Å². The molecule has 196 valence electrons. The van der Waals surface area contributed by atoms with Gasteiger partial charge >= 0.3 is 5.97 Å². The van der Waals surface area contributed by atoms with Gasteiger partial charge in [0.2, 0.25) is 17.7 Å². The zero-order chi connectivity index (χ0) is 26.5. The van der Waals surface area contributed by atoms with E-state index in [2.05, 4.69) is 16.0 Å². The third-order valence-corrected chi connectivity index (χ3v) is 6.37. The quantitative estimate of drug-likeness (QED) is 0.195. The number of nitrogens with two attached hydrogens (primary N) is 1. The average Bonchev–Trinajstić information content (AvgIpc) is 2.83. The van der Waals surface area contributed by atoms with Gasteiger partial charge in [-0.15, -0.1) is 0 Å². The van der Waals surface area contributed by atoms with Gasteiger partial charge in [0.05, 0.1) is 12.1 Å². The zero-order valence-electron chi connectivity index (χ0n) is 20.7. The number of aliphatic hydroxyl groups is 1. The van der Waals surface area contributed by atoms with E-state index in [1.807, 2.05) is 13.2 Å². The van der Waals surface area contributed by atoms with Crippen molar-refractivity contribution in [2.75, 3.05) is 12.0 Å². The summed E-state index contributed by atoms with van der Waals surface area (Å²) in [5.41, 5.74) is 6.62. The van der Waals surface area contributed by atoms with Crippen molar-refractivity contribution in [2.24, 2.45) is 11.7 Å². The number of carbonyl (C=O) groups is 4. The molecule has 0 aliphatic carbocycles. The van der Waals surface area contributed by atoms with E-state index in [0.717, 1.165) is 0 Å². The predicted molar refractivity (Wildman–Crippen MR) is 136 cm³/mol. The molecule has 1 rings (SSSR count). The minimum atomic E-state index is -1.42. The summed E-state index contributed by atoms with van der Waals surface area (Å²) in [4.78, 5) is 50.2. The van der Waals surface area contributed by atoms with Gasteiger partial charge in [0.1, 0.15) is 18.1 Å². The number of carbonyl (C=O) groups excluding carboxylic acids is 3. The van der Waals surface area contributed by atoms with Crippen molar-refractivity contribution in [3.8, 4) is 0 Å². The second kappa shape index (κ2) is 15.4. The number of aliphatic hydroxyl groups excluding tert-OH is 1. The molecule has 35 heavy (non-hydrogen) atoms. The van der Waals surface area contributed by atoms with Crippen LogP contribution in [0.5, 0.6) is 0 Å². The molecule has 10 nitrogen and oxygen atoms in total. The number of hydrogen-bond donors (Lipinski definition) is 6.